The molecule has 90 valence electrons. The Balaban J connectivity index is 2.17. The summed E-state index contributed by atoms with van der Waals surface area (Å²) in [5, 5.41) is 15.8. The minimum Gasteiger partial charge on any atom is -0.396 e. The molecule has 2 N–H and O–H groups in total. The third kappa shape index (κ3) is 2.42. The van der Waals surface area contributed by atoms with Crippen molar-refractivity contribution in [3.05, 3.63) is 23.5 Å². The second-order valence-electron chi connectivity index (χ2n) is 3.68. The van der Waals surface area contributed by atoms with Crippen molar-refractivity contribution in [2.24, 2.45) is 0 Å². The second-order valence-corrected chi connectivity index (χ2v) is 3.68. The number of fused-ring (bicyclic) bond motifs is 1. The molecule has 0 spiro atoms. The van der Waals surface area contributed by atoms with Gasteiger partial charge in [0.1, 0.15) is 0 Å². The number of carbonyl (C=O) groups is 1. The summed E-state index contributed by atoms with van der Waals surface area (Å²) in [6.45, 7) is 2.29. The number of nitrogens with one attached hydrogen (secondary N) is 1. The lowest BCUT2D eigenvalue weighted by atomic mass is 10.2. The predicted molar refractivity (Wildman–Crippen MR) is 60.6 cm³/mol. The van der Waals surface area contributed by atoms with Crippen LogP contribution < -0.4 is 5.32 Å². The molecule has 0 aliphatic carbocycles. The summed E-state index contributed by atoms with van der Waals surface area (Å²) in [7, 11) is 0. The molecule has 17 heavy (non-hydrogen) atoms. The van der Waals surface area contributed by atoms with Crippen LogP contribution in [0.4, 0.5) is 0 Å². The summed E-state index contributed by atoms with van der Waals surface area (Å²) < 4.78 is 4.96. The SMILES string of the molecule is Cc1noc2ncc(C(=O)NCCCO)cc12. The summed E-state index contributed by atoms with van der Waals surface area (Å²) in [5.74, 6) is -0.214. The highest BCUT2D eigenvalue weighted by Crippen LogP contribution is 2.16. The molecule has 0 unspecified atom stereocenters. The maximum absolute atomic E-state index is 11.7. The zero-order valence-corrected chi connectivity index (χ0v) is 9.43. The predicted octanol–water partition coefficient (Wildman–Crippen LogP) is 0.643. The van der Waals surface area contributed by atoms with Crippen LogP contribution in [0.2, 0.25) is 0 Å². The molecule has 2 aromatic rings. The van der Waals surface area contributed by atoms with Crippen molar-refractivity contribution in [1.29, 1.82) is 0 Å². The first kappa shape index (κ1) is 11.5. The van der Waals surface area contributed by atoms with Crippen LogP contribution in [0.15, 0.2) is 16.8 Å². The van der Waals surface area contributed by atoms with Crippen molar-refractivity contribution >= 4 is 17.0 Å². The fourth-order valence-corrected chi connectivity index (χ4v) is 1.45. The van der Waals surface area contributed by atoms with E-state index in [1.165, 1.54) is 6.20 Å². The molecule has 2 rings (SSSR count). The van der Waals surface area contributed by atoms with Gasteiger partial charge in [-0.15, -0.1) is 0 Å². The molecule has 0 fully saturated rings. The maximum Gasteiger partial charge on any atom is 0.257 e. The van der Waals surface area contributed by atoms with E-state index in [1.54, 1.807) is 13.0 Å². The van der Waals surface area contributed by atoms with E-state index in [2.05, 4.69) is 15.5 Å². The number of pyridine rings is 1. The van der Waals surface area contributed by atoms with Crippen molar-refractivity contribution in [2.45, 2.75) is 13.3 Å². The molecule has 0 saturated carbocycles. The average Bonchev–Trinajstić information content (AvgIpc) is 2.71. The molecule has 0 aromatic carbocycles. The zero-order chi connectivity index (χ0) is 12.3. The summed E-state index contributed by atoms with van der Waals surface area (Å²) in [5.41, 5.74) is 1.59. The van der Waals surface area contributed by atoms with E-state index >= 15 is 0 Å². The van der Waals surface area contributed by atoms with Gasteiger partial charge >= 0.3 is 0 Å². The van der Waals surface area contributed by atoms with Gasteiger partial charge in [-0.2, -0.15) is 0 Å². The first-order valence-electron chi connectivity index (χ1n) is 5.33. The van der Waals surface area contributed by atoms with Crippen LogP contribution >= 0.6 is 0 Å². The van der Waals surface area contributed by atoms with E-state index in [-0.39, 0.29) is 12.5 Å². The summed E-state index contributed by atoms with van der Waals surface area (Å²) >= 11 is 0. The quantitative estimate of drug-likeness (QED) is 0.759. The molecule has 0 aliphatic rings. The topological polar surface area (TPSA) is 88.2 Å². The lowest BCUT2D eigenvalue weighted by Crippen LogP contribution is -2.25. The Kier molecular flexibility index (Phi) is 3.34. The van der Waals surface area contributed by atoms with Gasteiger partial charge in [-0.1, -0.05) is 5.16 Å². The van der Waals surface area contributed by atoms with E-state index in [0.717, 1.165) is 5.39 Å². The first-order chi connectivity index (χ1) is 8.22. The molecule has 6 heteroatoms. The molecule has 0 atom stereocenters. The minimum atomic E-state index is -0.214. The van der Waals surface area contributed by atoms with Crippen molar-refractivity contribution in [3.8, 4) is 0 Å². The van der Waals surface area contributed by atoms with Crippen LogP contribution in [-0.4, -0.2) is 34.3 Å². The molecule has 1 amide bonds. The Hall–Kier alpha value is -1.95. The number of aromatic nitrogens is 2. The third-order valence-corrected chi connectivity index (χ3v) is 2.39. The maximum atomic E-state index is 11.7. The summed E-state index contributed by atoms with van der Waals surface area (Å²) in [6, 6.07) is 1.70. The van der Waals surface area contributed by atoms with Crippen molar-refractivity contribution in [2.75, 3.05) is 13.2 Å². The Morgan fingerprint density at radius 3 is 3.18 bits per heavy atom. The lowest BCUT2D eigenvalue weighted by Gasteiger charge is -2.03. The van der Waals surface area contributed by atoms with E-state index in [9.17, 15) is 4.79 Å². The fourth-order valence-electron chi connectivity index (χ4n) is 1.45. The molecule has 2 aromatic heterocycles. The number of hydrogen-bond acceptors (Lipinski definition) is 5. The van der Waals surface area contributed by atoms with Crippen LogP contribution in [0.25, 0.3) is 11.1 Å². The van der Waals surface area contributed by atoms with Crippen molar-refractivity contribution < 1.29 is 14.4 Å². The number of hydrogen-bond donors (Lipinski definition) is 2. The van der Waals surface area contributed by atoms with Gasteiger partial charge < -0.3 is 14.9 Å². The highest BCUT2D eigenvalue weighted by atomic mass is 16.5. The average molecular weight is 235 g/mol. The Morgan fingerprint density at radius 1 is 1.59 bits per heavy atom. The van der Waals surface area contributed by atoms with Gasteiger partial charge in [-0.3, -0.25) is 4.79 Å². The number of aryl methyl sites for hydroxylation is 1. The molecule has 0 saturated heterocycles. The Morgan fingerprint density at radius 2 is 2.41 bits per heavy atom. The standard InChI is InChI=1S/C11H13N3O3/c1-7-9-5-8(6-13-11(9)17-14-7)10(16)12-3-2-4-15/h5-6,15H,2-4H2,1H3,(H,12,16). The van der Waals surface area contributed by atoms with Gasteiger partial charge in [0.15, 0.2) is 0 Å². The number of aliphatic hydroxyl groups is 1. The molecule has 0 aliphatic heterocycles. The monoisotopic (exact) mass is 235 g/mol. The molecular weight excluding hydrogens is 222 g/mol. The van der Waals surface area contributed by atoms with Gasteiger partial charge in [0, 0.05) is 19.3 Å². The molecule has 2 heterocycles. The van der Waals surface area contributed by atoms with Gasteiger partial charge in [-0.25, -0.2) is 4.98 Å². The summed E-state index contributed by atoms with van der Waals surface area (Å²) in [4.78, 5) is 15.7. The van der Waals surface area contributed by atoms with E-state index in [1.807, 2.05) is 0 Å². The van der Waals surface area contributed by atoms with Crippen LogP contribution in [0.3, 0.4) is 0 Å². The minimum absolute atomic E-state index is 0.0579. The fraction of sp³-hybridized carbons (Fsp3) is 0.364. The van der Waals surface area contributed by atoms with Crippen LogP contribution in [0, 0.1) is 6.92 Å². The van der Waals surface area contributed by atoms with Gasteiger partial charge in [-0.05, 0) is 19.4 Å². The first-order valence-corrected chi connectivity index (χ1v) is 5.33. The highest BCUT2D eigenvalue weighted by Gasteiger charge is 2.10. The molecule has 6 nitrogen and oxygen atoms in total. The molecule has 0 bridgehead atoms. The lowest BCUT2D eigenvalue weighted by molar-refractivity contribution is 0.0951. The highest BCUT2D eigenvalue weighted by molar-refractivity contribution is 5.96. The number of carbonyl (C=O) groups excluding carboxylic acids is 1. The van der Waals surface area contributed by atoms with Gasteiger partial charge in [0.25, 0.3) is 11.6 Å². The number of amides is 1. The molecular formula is C11H13N3O3. The smallest absolute Gasteiger partial charge is 0.257 e. The van der Waals surface area contributed by atoms with E-state index in [4.69, 9.17) is 9.63 Å². The van der Waals surface area contributed by atoms with Crippen molar-refractivity contribution in [3.63, 3.8) is 0 Å². The third-order valence-electron chi connectivity index (χ3n) is 2.39. The van der Waals surface area contributed by atoms with E-state index < -0.39 is 0 Å². The van der Waals surface area contributed by atoms with Crippen molar-refractivity contribution in [1.82, 2.24) is 15.5 Å². The second kappa shape index (κ2) is 4.92. The Bertz CT molecular complexity index is 536. The normalized spacial score (nSPS) is 10.7. The Labute approximate surface area is 97.6 Å². The largest absolute Gasteiger partial charge is 0.396 e. The molecule has 0 radical (unpaired) electrons. The van der Waals surface area contributed by atoms with E-state index in [0.29, 0.717) is 29.9 Å². The number of rotatable bonds is 4. The zero-order valence-electron chi connectivity index (χ0n) is 9.43. The van der Waals surface area contributed by atoms with Crippen LogP contribution in [0.1, 0.15) is 22.5 Å². The summed E-state index contributed by atoms with van der Waals surface area (Å²) in [6.07, 6.45) is 1.98. The van der Waals surface area contributed by atoms with Crippen LogP contribution in [-0.2, 0) is 0 Å². The van der Waals surface area contributed by atoms with Gasteiger partial charge in [0.2, 0.25) is 0 Å². The van der Waals surface area contributed by atoms with Crippen LogP contribution in [0.5, 0.6) is 0 Å². The number of nitrogens with zero attached hydrogens (tertiary/aromatic N) is 2. The van der Waals surface area contributed by atoms with Gasteiger partial charge in [0.05, 0.1) is 16.6 Å². The number of aliphatic hydroxyl groups excluding tert-OH is 1.